The van der Waals surface area contributed by atoms with E-state index in [0.717, 1.165) is 6.54 Å². The van der Waals surface area contributed by atoms with Crippen molar-refractivity contribution in [1.82, 2.24) is 10.2 Å². The Bertz CT molecular complexity index is 319. The quantitative estimate of drug-likeness (QED) is 0.863. The molecule has 2 aliphatic heterocycles. The molecule has 110 valence electrons. The van der Waals surface area contributed by atoms with Gasteiger partial charge in [0.25, 0.3) is 0 Å². The normalized spacial score (nSPS) is 30.6. The molecule has 3 nitrogen and oxygen atoms in total. The fraction of sp³-hybridized carbons (Fsp3) is 0.933. The van der Waals surface area contributed by atoms with Crippen LogP contribution in [0.25, 0.3) is 0 Å². The summed E-state index contributed by atoms with van der Waals surface area (Å²) in [6.45, 7) is 10.4. The van der Waals surface area contributed by atoms with Gasteiger partial charge in [-0.3, -0.25) is 4.99 Å². The molecule has 0 radical (unpaired) electrons. The molecule has 2 fully saturated rings. The Balaban J connectivity index is 1.87. The van der Waals surface area contributed by atoms with Gasteiger partial charge in [0, 0.05) is 18.3 Å². The molecule has 0 saturated carbocycles. The summed E-state index contributed by atoms with van der Waals surface area (Å²) >= 11 is 1.90. The van der Waals surface area contributed by atoms with Crippen molar-refractivity contribution in [3.63, 3.8) is 0 Å². The Morgan fingerprint density at radius 3 is 2.74 bits per heavy atom. The summed E-state index contributed by atoms with van der Waals surface area (Å²) in [4.78, 5) is 7.31. The van der Waals surface area contributed by atoms with Crippen molar-refractivity contribution in [3.8, 4) is 0 Å². The number of hydrogen-bond donors (Lipinski definition) is 1. The number of nitrogens with zero attached hydrogens (tertiary/aromatic N) is 2. The summed E-state index contributed by atoms with van der Waals surface area (Å²) in [6, 6.07) is 0.616. The third-order valence-electron chi connectivity index (χ3n) is 4.58. The summed E-state index contributed by atoms with van der Waals surface area (Å²) < 4.78 is 0. The standard InChI is InChI=1S/C15H29N3S/c1-12(2)13-5-10-19-14(17-13)16-11-15(3)6-8-18(4)9-7-15/h12-13H,5-11H2,1-4H3,(H,16,17). The van der Waals surface area contributed by atoms with Crippen LogP contribution < -0.4 is 5.32 Å². The molecule has 0 aromatic heterocycles. The molecule has 2 saturated heterocycles. The number of nitrogens with one attached hydrogen (secondary N) is 1. The van der Waals surface area contributed by atoms with Crippen LogP contribution in [0.3, 0.4) is 0 Å². The van der Waals surface area contributed by atoms with E-state index >= 15 is 0 Å². The molecule has 0 aromatic rings. The molecule has 0 aromatic carbocycles. The molecule has 0 aliphatic carbocycles. The maximum atomic E-state index is 4.89. The zero-order valence-electron chi connectivity index (χ0n) is 12.9. The molecule has 1 unspecified atom stereocenters. The second-order valence-electron chi connectivity index (χ2n) is 6.87. The van der Waals surface area contributed by atoms with Gasteiger partial charge in [0.15, 0.2) is 5.17 Å². The van der Waals surface area contributed by atoms with Gasteiger partial charge < -0.3 is 10.2 Å². The lowest BCUT2D eigenvalue weighted by Crippen LogP contribution is -2.42. The third kappa shape index (κ3) is 4.38. The summed E-state index contributed by atoms with van der Waals surface area (Å²) in [5.74, 6) is 1.92. The van der Waals surface area contributed by atoms with Crippen molar-refractivity contribution in [2.45, 2.75) is 46.1 Å². The van der Waals surface area contributed by atoms with E-state index in [9.17, 15) is 0 Å². The highest BCUT2D eigenvalue weighted by Gasteiger charge is 2.29. The molecule has 0 amide bonds. The van der Waals surface area contributed by atoms with Gasteiger partial charge in [0.1, 0.15) is 0 Å². The van der Waals surface area contributed by atoms with Gasteiger partial charge in [-0.1, -0.05) is 32.5 Å². The Kier molecular flexibility index (Phi) is 5.18. The van der Waals surface area contributed by atoms with Gasteiger partial charge in [0.05, 0.1) is 0 Å². The molecule has 4 heteroatoms. The van der Waals surface area contributed by atoms with Crippen LogP contribution >= 0.6 is 11.8 Å². The first-order chi connectivity index (χ1) is 8.98. The van der Waals surface area contributed by atoms with Crippen molar-refractivity contribution in [2.75, 3.05) is 32.4 Å². The molecular weight excluding hydrogens is 254 g/mol. The van der Waals surface area contributed by atoms with Crippen LogP contribution in [0.4, 0.5) is 0 Å². The fourth-order valence-electron chi connectivity index (χ4n) is 2.73. The van der Waals surface area contributed by atoms with Gasteiger partial charge in [-0.15, -0.1) is 0 Å². The van der Waals surface area contributed by atoms with E-state index in [1.165, 1.54) is 43.3 Å². The summed E-state index contributed by atoms with van der Waals surface area (Å²) in [5.41, 5.74) is 0.409. The highest BCUT2D eigenvalue weighted by molar-refractivity contribution is 8.13. The topological polar surface area (TPSA) is 27.6 Å². The van der Waals surface area contributed by atoms with Crippen molar-refractivity contribution in [3.05, 3.63) is 0 Å². The fourth-order valence-corrected chi connectivity index (χ4v) is 3.68. The Morgan fingerprint density at radius 1 is 1.42 bits per heavy atom. The minimum atomic E-state index is 0.409. The van der Waals surface area contributed by atoms with E-state index in [1.807, 2.05) is 11.8 Å². The Labute approximate surface area is 122 Å². The van der Waals surface area contributed by atoms with Gasteiger partial charge in [-0.05, 0) is 50.7 Å². The molecule has 1 N–H and O–H groups in total. The molecule has 2 rings (SSSR count). The van der Waals surface area contributed by atoms with Gasteiger partial charge in [0.2, 0.25) is 0 Å². The largest absolute Gasteiger partial charge is 0.362 e. The van der Waals surface area contributed by atoms with Crippen LogP contribution in [-0.2, 0) is 0 Å². The summed E-state index contributed by atoms with van der Waals surface area (Å²) in [6.07, 6.45) is 3.82. The molecule has 2 aliphatic rings. The van der Waals surface area contributed by atoms with Crippen LogP contribution in [0.2, 0.25) is 0 Å². The minimum absolute atomic E-state index is 0.409. The van der Waals surface area contributed by atoms with E-state index < -0.39 is 0 Å². The van der Waals surface area contributed by atoms with Crippen molar-refractivity contribution < 1.29 is 0 Å². The Hall–Kier alpha value is -0.220. The smallest absolute Gasteiger partial charge is 0.156 e. The zero-order valence-corrected chi connectivity index (χ0v) is 13.7. The van der Waals surface area contributed by atoms with Crippen molar-refractivity contribution in [2.24, 2.45) is 16.3 Å². The number of piperidine rings is 1. The lowest BCUT2D eigenvalue weighted by atomic mass is 9.80. The number of rotatable bonds is 3. The molecular formula is C15H29N3S. The zero-order chi connectivity index (χ0) is 13.9. The first-order valence-electron chi connectivity index (χ1n) is 7.61. The van der Waals surface area contributed by atoms with Crippen molar-refractivity contribution in [1.29, 1.82) is 0 Å². The van der Waals surface area contributed by atoms with E-state index in [1.54, 1.807) is 0 Å². The monoisotopic (exact) mass is 283 g/mol. The second-order valence-corrected chi connectivity index (χ2v) is 7.95. The predicted molar refractivity (Wildman–Crippen MR) is 86.0 cm³/mol. The van der Waals surface area contributed by atoms with Gasteiger partial charge in [-0.2, -0.15) is 0 Å². The summed E-state index contributed by atoms with van der Waals surface area (Å²) in [5, 5.41) is 4.81. The molecule has 2 heterocycles. The maximum Gasteiger partial charge on any atom is 0.156 e. The number of thioether (sulfide) groups is 1. The molecule has 19 heavy (non-hydrogen) atoms. The van der Waals surface area contributed by atoms with Crippen LogP contribution in [0.1, 0.15) is 40.0 Å². The minimum Gasteiger partial charge on any atom is -0.362 e. The molecule has 0 bridgehead atoms. The highest BCUT2D eigenvalue weighted by Crippen LogP contribution is 2.31. The molecule has 0 spiro atoms. The van der Waals surface area contributed by atoms with E-state index in [0.29, 0.717) is 17.4 Å². The van der Waals surface area contributed by atoms with Crippen LogP contribution in [0.15, 0.2) is 4.99 Å². The van der Waals surface area contributed by atoms with Gasteiger partial charge in [-0.25, -0.2) is 0 Å². The second kappa shape index (κ2) is 6.49. The third-order valence-corrected chi connectivity index (χ3v) is 5.54. The summed E-state index contributed by atoms with van der Waals surface area (Å²) in [7, 11) is 2.22. The predicted octanol–water partition coefficient (Wildman–Crippen LogP) is 2.83. The number of likely N-dealkylation sites (tertiary alicyclic amines) is 1. The average molecular weight is 283 g/mol. The average Bonchev–Trinajstić information content (AvgIpc) is 2.41. The molecule has 1 atom stereocenters. The lowest BCUT2D eigenvalue weighted by molar-refractivity contribution is 0.147. The SMILES string of the molecule is CC(C)C1CCSC(=NCC2(C)CCN(C)CC2)N1. The van der Waals surface area contributed by atoms with Crippen LogP contribution in [0.5, 0.6) is 0 Å². The first-order valence-corrected chi connectivity index (χ1v) is 8.59. The van der Waals surface area contributed by atoms with Crippen LogP contribution in [-0.4, -0.2) is 48.5 Å². The Morgan fingerprint density at radius 2 is 2.11 bits per heavy atom. The first kappa shape index (κ1) is 15.2. The van der Waals surface area contributed by atoms with Gasteiger partial charge >= 0.3 is 0 Å². The van der Waals surface area contributed by atoms with E-state index in [-0.39, 0.29) is 0 Å². The maximum absolute atomic E-state index is 4.89. The lowest BCUT2D eigenvalue weighted by Gasteiger charge is -2.37. The van der Waals surface area contributed by atoms with E-state index in [4.69, 9.17) is 4.99 Å². The van der Waals surface area contributed by atoms with E-state index in [2.05, 4.69) is 38.0 Å². The number of aliphatic imine (C=N–C) groups is 1. The van der Waals surface area contributed by atoms with Crippen LogP contribution in [0, 0.1) is 11.3 Å². The number of amidine groups is 1. The highest BCUT2D eigenvalue weighted by atomic mass is 32.2. The van der Waals surface area contributed by atoms with Crippen molar-refractivity contribution >= 4 is 16.9 Å². The number of hydrogen-bond acceptors (Lipinski definition) is 3.